The zero-order valence-electron chi connectivity index (χ0n) is 11.7. The lowest BCUT2D eigenvalue weighted by Crippen LogP contribution is -2.68. The van der Waals surface area contributed by atoms with Crippen LogP contribution < -0.4 is 23.3 Å². The van der Waals surface area contributed by atoms with Gasteiger partial charge in [-0.15, -0.1) is 19.4 Å². The molecule has 3 rings (SSSR count). The van der Waals surface area contributed by atoms with Gasteiger partial charge in [0.05, 0.1) is 11.1 Å². The molecule has 2 heterocycles. The third-order valence-electron chi connectivity index (χ3n) is 3.03. The molecule has 0 saturated carbocycles. The third-order valence-corrected chi connectivity index (χ3v) is 3.03. The maximum absolute atomic E-state index is 8.49. The van der Waals surface area contributed by atoms with E-state index in [1.807, 2.05) is 6.92 Å². The van der Waals surface area contributed by atoms with Crippen molar-refractivity contribution in [1.29, 1.82) is 0 Å². The van der Waals surface area contributed by atoms with E-state index in [-0.39, 0.29) is 0 Å². The quantitative estimate of drug-likeness (QED) is 0.415. The molecule has 0 N–H and O–H groups in total. The van der Waals surface area contributed by atoms with Crippen molar-refractivity contribution in [3.8, 4) is 0 Å². The summed E-state index contributed by atoms with van der Waals surface area (Å²) in [7, 11) is -2.88. The van der Waals surface area contributed by atoms with Crippen molar-refractivity contribution in [3.05, 3.63) is 41.7 Å². The summed E-state index contributed by atoms with van der Waals surface area (Å²) in [6, 6.07) is 10.5. The summed E-state index contributed by atoms with van der Waals surface area (Å²) in [5.74, 6) is 0. The predicted molar refractivity (Wildman–Crippen MR) is 63.3 cm³/mol. The number of fused-ring (bicyclic) bond motifs is 3. The highest BCUT2D eigenvalue weighted by atomic mass is 35.7. The van der Waals surface area contributed by atoms with Gasteiger partial charge in [-0.3, -0.25) is 0 Å². The van der Waals surface area contributed by atoms with E-state index in [9.17, 15) is 0 Å². The molecule has 2 aromatic heterocycles. The van der Waals surface area contributed by atoms with Crippen LogP contribution in [0, 0.1) is 24.1 Å². The van der Waals surface area contributed by atoms with Crippen LogP contribution in [0.15, 0.2) is 30.3 Å². The molecule has 0 unspecified atom stereocenters. The molecule has 0 aliphatic heterocycles. The van der Waals surface area contributed by atoms with Gasteiger partial charge in [0, 0.05) is 11.8 Å². The maximum Gasteiger partial charge on any atom is 0.241 e. The Balaban J connectivity index is 0.000000282. The minimum atomic E-state index is -4.94. The van der Waals surface area contributed by atoms with Gasteiger partial charge in [-0.25, -0.2) is 23.6 Å². The van der Waals surface area contributed by atoms with Crippen LogP contribution in [0.5, 0.6) is 0 Å². The Labute approximate surface area is 123 Å². The molecule has 7 nitrogen and oxygen atoms in total. The van der Waals surface area contributed by atoms with E-state index in [0.717, 1.165) is 11.3 Å². The topological polar surface area (TPSA) is 113 Å². The van der Waals surface area contributed by atoms with Gasteiger partial charge < -0.3 is 0 Å². The average Bonchev–Trinajstić information content (AvgIpc) is 2.62. The largest absolute Gasteiger partial charge is 0.241 e. The highest BCUT2D eigenvalue weighted by molar-refractivity contribution is 5.89. The number of aromatic nitrogens is 3. The summed E-state index contributed by atoms with van der Waals surface area (Å²) >= 11 is 0. The smallest absolute Gasteiger partial charge is 0.230 e. The second-order valence-electron chi connectivity index (χ2n) is 4.59. The van der Waals surface area contributed by atoms with Crippen molar-refractivity contribution in [2.45, 2.75) is 13.8 Å². The van der Waals surface area contributed by atoms with Gasteiger partial charge in [-0.05, 0) is 26.0 Å². The second kappa shape index (κ2) is 5.55. The summed E-state index contributed by atoms with van der Waals surface area (Å²) in [5, 5.41) is 1.21. The van der Waals surface area contributed by atoms with Crippen molar-refractivity contribution < 1.29 is 33.6 Å². The fraction of sp³-hybridized carbons (Fsp3) is 0.231. The monoisotopic (exact) mass is 311 g/mol. The standard InChI is InChI=1S/C13H14N3.ClHO4/c1-9-8-10(2)16-13(14-9)11-6-4-5-7-12(11)15(16)3;2-1(3,4)5/h4-8H,1-3H3;(H,2,3,4,5)/q+1;/p-1. The van der Waals surface area contributed by atoms with Gasteiger partial charge in [0.25, 0.3) is 0 Å². The van der Waals surface area contributed by atoms with Crippen LogP contribution in [0.2, 0.25) is 0 Å². The lowest BCUT2D eigenvalue weighted by atomic mass is 10.2. The molecular weight excluding hydrogens is 298 g/mol. The van der Waals surface area contributed by atoms with E-state index in [1.54, 1.807) is 0 Å². The van der Waals surface area contributed by atoms with Crippen molar-refractivity contribution >= 4 is 16.6 Å². The van der Waals surface area contributed by atoms with Crippen LogP contribution in [-0.4, -0.2) is 9.50 Å². The van der Waals surface area contributed by atoms with Crippen LogP contribution in [0.1, 0.15) is 11.4 Å². The lowest BCUT2D eigenvalue weighted by Gasteiger charge is -2.17. The molecular formula is C13H14ClN3O4. The van der Waals surface area contributed by atoms with Crippen LogP contribution in [0.3, 0.4) is 0 Å². The molecule has 3 aromatic rings. The van der Waals surface area contributed by atoms with Crippen molar-refractivity contribution in [2.75, 3.05) is 0 Å². The SMILES string of the molecule is Cc1cc(C)n2c(n1)c1ccccc1[n+]2C.[O-][Cl+3]([O-])([O-])[O-]. The van der Waals surface area contributed by atoms with Crippen LogP contribution in [0.4, 0.5) is 0 Å². The molecule has 0 aliphatic carbocycles. The third kappa shape index (κ3) is 3.46. The normalized spacial score (nSPS) is 11.6. The number of nitrogens with zero attached hydrogens (tertiary/aromatic N) is 3. The van der Waals surface area contributed by atoms with Crippen molar-refractivity contribution in [2.24, 2.45) is 7.05 Å². The molecule has 21 heavy (non-hydrogen) atoms. The van der Waals surface area contributed by atoms with E-state index >= 15 is 0 Å². The summed E-state index contributed by atoms with van der Waals surface area (Å²) in [6.07, 6.45) is 0. The van der Waals surface area contributed by atoms with Gasteiger partial charge in [0.15, 0.2) is 7.05 Å². The predicted octanol–water partition coefficient (Wildman–Crippen LogP) is -2.83. The zero-order chi connectivity index (χ0) is 15.8. The molecule has 0 fully saturated rings. The Kier molecular flexibility index (Phi) is 4.13. The summed E-state index contributed by atoms with van der Waals surface area (Å²) in [5.41, 5.74) is 4.52. The van der Waals surface area contributed by atoms with Crippen LogP contribution >= 0.6 is 0 Å². The fourth-order valence-corrected chi connectivity index (χ4v) is 2.38. The van der Waals surface area contributed by atoms with Crippen molar-refractivity contribution in [1.82, 2.24) is 9.50 Å². The second-order valence-corrected chi connectivity index (χ2v) is 5.35. The summed E-state index contributed by atoms with van der Waals surface area (Å²) in [6.45, 7) is 4.15. The Morgan fingerprint density at radius 2 is 1.67 bits per heavy atom. The number of rotatable bonds is 0. The number of benzene rings is 1. The molecule has 1 aromatic carbocycles. The van der Waals surface area contributed by atoms with E-state index in [0.29, 0.717) is 0 Å². The molecule has 0 aliphatic rings. The minimum absolute atomic E-state index is 1.04. The highest BCUT2D eigenvalue weighted by Gasteiger charge is 2.17. The Morgan fingerprint density at radius 1 is 1.10 bits per heavy atom. The van der Waals surface area contributed by atoms with Gasteiger partial charge in [0.1, 0.15) is 0 Å². The van der Waals surface area contributed by atoms with E-state index in [4.69, 9.17) is 18.6 Å². The first-order valence-electron chi connectivity index (χ1n) is 6.04. The van der Waals surface area contributed by atoms with Gasteiger partial charge in [-0.1, -0.05) is 12.1 Å². The van der Waals surface area contributed by atoms with Crippen LogP contribution in [-0.2, 0) is 7.05 Å². The zero-order valence-corrected chi connectivity index (χ0v) is 12.5. The van der Waals surface area contributed by atoms with Gasteiger partial charge in [-0.2, -0.15) is 0 Å². The summed E-state index contributed by atoms with van der Waals surface area (Å²) < 4.78 is 38.3. The molecule has 8 heteroatoms. The maximum atomic E-state index is 8.49. The molecule has 0 bridgehead atoms. The van der Waals surface area contributed by atoms with Gasteiger partial charge in [0.2, 0.25) is 11.2 Å². The van der Waals surface area contributed by atoms with Crippen molar-refractivity contribution in [3.63, 3.8) is 0 Å². The molecule has 112 valence electrons. The Bertz CT molecular complexity index is 789. The number of para-hydroxylation sites is 1. The molecule has 0 saturated heterocycles. The van der Waals surface area contributed by atoms with E-state index in [2.05, 4.69) is 58.5 Å². The molecule has 0 amide bonds. The number of hydrogen-bond donors (Lipinski definition) is 0. The molecule has 0 atom stereocenters. The first-order chi connectivity index (χ1) is 9.68. The average molecular weight is 312 g/mol. The highest BCUT2D eigenvalue weighted by Crippen LogP contribution is 2.17. The number of halogens is 1. The Hall–Kier alpha value is -1.77. The van der Waals surface area contributed by atoms with Gasteiger partial charge >= 0.3 is 0 Å². The minimum Gasteiger partial charge on any atom is -0.230 e. The number of aryl methyl sites for hydroxylation is 3. The fourth-order valence-electron chi connectivity index (χ4n) is 2.38. The van der Waals surface area contributed by atoms with E-state index < -0.39 is 10.2 Å². The Morgan fingerprint density at radius 3 is 2.29 bits per heavy atom. The first-order valence-corrected chi connectivity index (χ1v) is 7.27. The lowest BCUT2D eigenvalue weighted by molar-refractivity contribution is -2.00. The van der Waals surface area contributed by atoms with E-state index in [1.165, 1.54) is 16.6 Å². The number of hydrogen-bond acceptors (Lipinski definition) is 5. The van der Waals surface area contributed by atoms with Crippen LogP contribution in [0.25, 0.3) is 16.6 Å². The molecule has 0 spiro atoms. The summed E-state index contributed by atoms with van der Waals surface area (Å²) in [4.78, 5) is 4.63. The first kappa shape index (κ1) is 15.6. The molecule has 0 radical (unpaired) electrons.